The standard InChI is InChI=1S/C20H19FN2O2S/c21-13-5-7-15(8-6-13)26-12-17-16-3-1-2-4-18(16)25-19(17)20(24)23-14-9-10-22-11-14/h1-8,14,22H,9-12H2,(H,23,24). The molecule has 4 nitrogen and oxygen atoms in total. The number of rotatable bonds is 5. The number of furan rings is 1. The molecule has 0 spiro atoms. The van der Waals surface area contributed by atoms with E-state index in [9.17, 15) is 9.18 Å². The Hall–Kier alpha value is -2.31. The summed E-state index contributed by atoms with van der Waals surface area (Å²) < 4.78 is 19.0. The minimum Gasteiger partial charge on any atom is -0.451 e. The third-order valence-electron chi connectivity index (χ3n) is 4.50. The molecule has 2 aromatic carbocycles. The third kappa shape index (κ3) is 3.61. The summed E-state index contributed by atoms with van der Waals surface area (Å²) >= 11 is 1.56. The zero-order valence-corrected chi connectivity index (χ0v) is 14.9. The van der Waals surface area contributed by atoms with Crippen LogP contribution in [0.15, 0.2) is 57.8 Å². The van der Waals surface area contributed by atoms with Crippen LogP contribution in [0, 0.1) is 5.82 Å². The number of benzene rings is 2. The lowest BCUT2D eigenvalue weighted by Crippen LogP contribution is -2.36. The first-order chi connectivity index (χ1) is 12.7. The smallest absolute Gasteiger partial charge is 0.287 e. The van der Waals surface area contributed by atoms with E-state index in [1.165, 1.54) is 12.1 Å². The highest BCUT2D eigenvalue weighted by Crippen LogP contribution is 2.32. The summed E-state index contributed by atoms with van der Waals surface area (Å²) in [6, 6.07) is 14.2. The van der Waals surface area contributed by atoms with Crippen LogP contribution in [0.3, 0.4) is 0 Å². The number of halogens is 1. The van der Waals surface area contributed by atoms with Gasteiger partial charge >= 0.3 is 0 Å². The molecule has 2 heterocycles. The van der Waals surface area contributed by atoms with Crippen LogP contribution in [0.5, 0.6) is 0 Å². The van der Waals surface area contributed by atoms with E-state index in [-0.39, 0.29) is 17.8 Å². The molecule has 0 radical (unpaired) electrons. The summed E-state index contributed by atoms with van der Waals surface area (Å²) in [4.78, 5) is 13.7. The van der Waals surface area contributed by atoms with Gasteiger partial charge in [0, 0.05) is 34.2 Å². The molecule has 6 heteroatoms. The lowest BCUT2D eigenvalue weighted by Gasteiger charge is -2.10. The van der Waals surface area contributed by atoms with Crippen LogP contribution < -0.4 is 10.6 Å². The second-order valence-electron chi connectivity index (χ2n) is 6.31. The second kappa shape index (κ2) is 7.51. The van der Waals surface area contributed by atoms with E-state index in [1.807, 2.05) is 24.3 Å². The molecule has 2 N–H and O–H groups in total. The van der Waals surface area contributed by atoms with Gasteiger partial charge in [0.15, 0.2) is 5.76 Å². The Morgan fingerprint density at radius 3 is 2.81 bits per heavy atom. The molecule has 1 unspecified atom stereocenters. The Balaban J connectivity index is 1.60. The molecule has 0 aliphatic carbocycles. The predicted molar refractivity (Wildman–Crippen MR) is 101 cm³/mol. The first-order valence-electron chi connectivity index (χ1n) is 8.61. The molecule has 1 saturated heterocycles. The van der Waals surface area contributed by atoms with Gasteiger partial charge in [0.1, 0.15) is 11.4 Å². The number of carbonyl (C=O) groups excluding carboxylic acids is 1. The molecule has 4 rings (SSSR count). The molecule has 134 valence electrons. The molecular formula is C20H19FN2O2S. The Kier molecular flexibility index (Phi) is 4.95. The van der Waals surface area contributed by atoms with Gasteiger partial charge in [0.2, 0.25) is 0 Å². The summed E-state index contributed by atoms with van der Waals surface area (Å²) in [6.07, 6.45) is 0.922. The molecule has 1 fully saturated rings. The van der Waals surface area contributed by atoms with Gasteiger partial charge < -0.3 is 15.1 Å². The van der Waals surface area contributed by atoms with Gasteiger partial charge in [-0.2, -0.15) is 0 Å². The van der Waals surface area contributed by atoms with Crippen molar-refractivity contribution in [1.29, 1.82) is 0 Å². The van der Waals surface area contributed by atoms with Gasteiger partial charge in [-0.05, 0) is 43.3 Å². The lowest BCUT2D eigenvalue weighted by molar-refractivity contribution is 0.0913. The molecule has 1 aromatic heterocycles. The quantitative estimate of drug-likeness (QED) is 0.668. The van der Waals surface area contributed by atoms with Crippen molar-refractivity contribution in [3.8, 4) is 0 Å². The van der Waals surface area contributed by atoms with Crippen LogP contribution in [-0.2, 0) is 5.75 Å². The summed E-state index contributed by atoms with van der Waals surface area (Å²) in [5.41, 5.74) is 1.58. The van der Waals surface area contributed by atoms with E-state index < -0.39 is 0 Å². The molecule has 0 bridgehead atoms. The molecular weight excluding hydrogens is 351 g/mol. The van der Waals surface area contributed by atoms with Crippen molar-refractivity contribution >= 4 is 28.6 Å². The molecule has 26 heavy (non-hydrogen) atoms. The largest absolute Gasteiger partial charge is 0.451 e. The average Bonchev–Trinajstić information content (AvgIpc) is 3.29. The van der Waals surface area contributed by atoms with Crippen molar-refractivity contribution in [2.45, 2.75) is 23.1 Å². The highest BCUT2D eigenvalue weighted by Gasteiger charge is 2.24. The zero-order chi connectivity index (χ0) is 17.9. The monoisotopic (exact) mass is 370 g/mol. The van der Waals surface area contributed by atoms with E-state index >= 15 is 0 Å². The van der Waals surface area contributed by atoms with Crippen molar-refractivity contribution < 1.29 is 13.6 Å². The normalized spacial score (nSPS) is 16.9. The lowest BCUT2D eigenvalue weighted by atomic mass is 10.1. The van der Waals surface area contributed by atoms with Crippen LogP contribution >= 0.6 is 11.8 Å². The number of hydrogen-bond donors (Lipinski definition) is 2. The molecule has 3 aromatic rings. The fourth-order valence-corrected chi connectivity index (χ4v) is 4.07. The minimum atomic E-state index is -0.256. The van der Waals surface area contributed by atoms with Crippen LogP contribution in [0.1, 0.15) is 22.5 Å². The SMILES string of the molecule is O=C(NC1CCNC1)c1oc2ccccc2c1CSc1ccc(F)cc1. The van der Waals surface area contributed by atoms with Gasteiger partial charge in [0.25, 0.3) is 5.91 Å². The van der Waals surface area contributed by atoms with Gasteiger partial charge in [-0.3, -0.25) is 4.79 Å². The first kappa shape index (κ1) is 17.1. The Morgan fingerprint density at radius 2 is 2.04 bits per heavy atom. The predicted octanol–water partition coefficient (Wildman–Crippen LogP) is 3.96. The van der Waals surface area contributed by atoms with Crippen molar-refractivity contribution in [1.82, 2.24) is 10.6 Å². The van der Waals surface area contributed by atoms with Gasteiger partial charge in [-0.15, -0.1) is 11.8 Å². The minimum absolute atomic E-state index is 0.133. The van der Waals surface area contributed by atoms with Crippen LogP contribution in [0.2, 0.25) is 0 Å². The number of hydrogen-bond acceptors (Lipinski definition) is 4. The van der Waals surface area contributed by atoms with E-state index in [0.717, 1.165) is 35.4 Å². The fraction of sp³-hybridized carbons (Fsp3) is 0.250. The van der Waals surface area contributed by atoms with Crippen molar-refractivity contribution in [3.05, 3.63) is 65.7 Å². The number of fused-ring (bicyclic) bond motifs is 1. The van der Waals surface area contributed by atoms with E-state index in [0.29, 0.717) is 17.1 Å². The first-order valence-corrected chi connectivity index (χ1v) is 9.59. The second-order valence-corrected chi connectivity index (χ2v) is 7.36. The van der Waals surface area contributed by atoms with Crippen LogP contribution in [0.4, 0.5) is 4.39 Å². The van der Waals surface area contributed by atoms with Crippen molar-refractivity contribution in [2.24, 2.45) is 0 Å². The fourth-order valence-electron chi connectivity index (χ4n) is 3.14. The number of nitrogens with one attached hydrogen (secondary N) is 2. The van der Waals surface area contributed by atoms with Crippen LogP contribution in [0.25, 0.3) is 11.0 Å². The highest BCUT2D eigenvalue weighted by molar-refractivity contribution is 7.98. The summed E-state index contributed by atoms with van der Waals surface area (Å²) in [5, 5.41) is 7.23. The van der Waals surface area contributed by atoms with E-state index in [1.54, 1.807) is 23.9 Å². The highest BCUT2D eigenvalue weighted by atomic mass is 32.2. The Morgan fingerprint density at radius 1 is 1.23 bits per heavy atom. The molecule has 1 amide bonds. The van der Waals surface area contributed by atoms with Crippen LogP contribution in [-0.4, -0.2) is 25.0 Å². The Labute approximate surface area is 155 Å². The van der Waals surface area contributed by atoms with E-state index in [2.05, 4.69) is 10.6 Å². The topological polar surface area (TPSA) is 54.3 Å². The Bertz CT molecular complexity index is 917. The molecule has 1 aliphatic heterocycles. The number of thioether (sulfide) groups is 1. The number of para-hydroxylation sites is 1. The van der Waals surface area contributed by atoms with E-state index in [4.69, 9.17) is 4.42 Å². The van der Waals surface area contributed by atoms with Gasteiger partial charge in [-0.25, -0.2) is 4.39 Å². The molecule has 1 aliphatic rings. The average molecular weight is 370 g/mol. The summed E-state index contributed by atoms with van der Waals surface area (Å²) in [7, 11) is 0. The summed E-state index contributed by atoms with van der Waals surface area (Å²) in [5.74, 6) is 0.513. The summed E-state index contributed by atoms with van der Waals surface area (Å²) in [6.45, 7) is 1.70. The van der Waals surface area contributed by atoms with Gasteiger partial charge in [-0.1, -0.05) is 18.2 Å². The zero-order valence-electron chi connectivity index (χ0n) is 14.1. The maximum absolute atomic E-state index is 13.1. The molecule has 0 saturated carbocycles. The molecule has 1 atom stereocenters. The van der Waals surface area contributed by atoms with Crippen molar-refractivity contribution in [2.75, 3.05) is 13.1 Å². The maximum atomic E-state index is 13.1. The van der Waals surface area contributed by atoms with Gasteiger partial charge in [0.05, 0.1) is 0 Å². The maximum Gasteiger partial charge on any atom is 0.287 e. The number of carbonyl (C=O) groups is 1. The van der Waals surface area contributed by atoms with Crippen molar-refractivity contribution in [3.63, 3.8) is 0 Å². The number of amides is 1. The third-order valence-corrected chi connectivity index (χ3v) is 5.54.